The lowest BCUT2D eigenvalue weighted by Gasteiger charge is -2.32. The molecule has 0 aliphatic carbocycles. The van der Waals surface area contributed by atoms with Crippen LogP contribution in [0.4, 0.5) is 0 Å². The molecule has 2 heterocycles. The summed E-state index contributed by atoms with van der Waals surface area (Å²) < 4.78 is 13.7. The Labute approximate surface area is 137 Å². The average molecular weight is 311 g/mol. The van der Waals surface area contributed by atoms with Crippen molar-refractivity contribution in [3.8, 4) is 0 Å². The number of hydrogen-bond donors (Lipinski definition) is 0. The minimum atomic E-state index is -0.629. The van der Waals surface area contributed by atoms with Crippen molar-refractivity contribution < 1.29 is 9.31 Å². The third kappa shape index (κ3) is 2.99. The molecule has 1 aliphatic heterocycles. The van der Waals surface area contributed by atoms with Gasteiger partial charge in [0, 0.05) is 11.7 Å². The maximum atomic E-state index is 12.8. The molecule has 3 rings (SSSR count). The van der Waals surface area contributed by atoms with Crippen LogP contribution < -0.4 is 11.0 Å². The zero-order valence-corrected chi connectivity index (χ0v) is 14.1. The monoisotopic (exact) mass is 311 g/mol. The normalized spacial score (nSPS) is 19.0. The number of pyridine rings is 1. The van der Waals surface area contributed by atoms with E-state index in [9.17, 15) is 4.79 Å². The van der Waals surface area contributed by atoms with Crippen molar-refractivity contribution in [3.63, 3.8) is 0 Å². The fourth-order valence-electron chi connectivity index (χ4n) is 2.61. The maximum absolute atomic E-state index is 12.8. The van der Waals surface area contributed by atoms with E-state index in [0.29, 0.717) is 12.0 Å². The van der Waals surface area contributed by atoms with Gasteiger partial charge in [0.15, 0.2) is 0 Å². The Hall–Kier alpha value is -1.85. The zero-order valence-electron chi connectivity index (χ0n) is 14.1. The summed E-state index contributed by atoms with van der Waals surface area (Å²) in [7, 11) is -0.629. The maximum Gasteiger partial charge on any atom is 0.500 e. The smallest absolute Gasteiger partial charge is 0.399 e. The molecule has 0 radical (unpaired) electrons. The van der Waals surface area contributed by atoms with Crippen LogP contribution in [0, 0.1) is 0 Å². The van der Waals surface area contributed by atoms with E-state index in [2.05, 4.69) is 0 Å². The minimum absolute atomic E-state index is 0.0742. The molecule has 0 bridgehead atoms. The lowest BCUT2D eigenvalue weighted by molar-refractivity contribution is 0.00578. The molecule has 23 heavy (non-hydrogen) atoms. The third-order valence-electron chi connectivity index (χ3n) is 4.75. The zero-order chi connectivity index (χ0) is 16.7. The number of hydrogen-bond acceptors (Lipinski definition) is 3. The second-order valence-corrected chi connectivity index (χ2v) is 6.97. The molecule has 0 amide bonds. The van der Waals surface area contributed by atoms with Crippen molar-refractivity contribution in [1.82, 2.24) is 4.57 Å². The van der Waals surface area contributed by atoms with E-state index in [-0.39, 0.29) is 5.56 Å². The molecule has 0 atom stereocenters. The fourth-order valence-corrected chi connectivity index (χ4v) is 2.61. The Morgan fingerprint density at radius 3 is 2.17 bits per heavy atom. The molecule has 4 nitrogen and oxygen atoms in total. The topological polar surface area (TPSA) is 40.5 Å². The van der Waals surface area contributed by atoms with Gasteiger partial charge < -0.3 is 13.9 Å². The van der Waals surface area contributed by atoms with Crippen LogP contribution in [0.5, 0.6) is 0 Å². The molecular formula is C18H22BNO3. The predicted octanol–water partition coefficient (Wildman–Crippen LogP) is 2.20. The molecule has 5 heteroatoms. The van der Waals surface area contributed by atoms with E-state index in [4.69, 9.17) is 9.31 Å². The largest absolute Gasteiger partial charge is 0.500 e. The molecule has 0 unspecified atom stereocenters. The fraction of sp³-hybridized carbons (Fsp3) is 0.389. The van der Waals surface area contributed by atoms with Crippen LogP contribution in [0.1, 0.15) is 33.3 Å². The molecule has 1 aliphatic rings. The van der Waals surface area contributed by atoms with E-state index in [1.807, 2.05) is 64.1 Å². The number of rotatable bonds is 3. The quantitative estimate of drug-likeness (QED) is 0.816. The second kappa shape index (κ2) is 5.66. The Morgan fingerprint density at radius 2 is 1.57 bits per heavy atom. The molecule has 1 aromatic carbocycles. The number of nitrogens with zero attached hydrogens (tertiary/aromatic N) is 1. The van der Waals surface area contributed by atoms with E-state index >= 15 is 0 Å². The van der Waals surface area contributed by atoms with Crippen LogP contribution in [-0.2, 0) is 15.9 Å². The summed E-state index contributed by atoms with van der Waals surface area (Å²) in [6, 6.07) is 13.6. The molecule has 0 N–H and O–H groups in total. The molecule has 1 saturated heterocycles. The van der Waals surface area contributed by atoms with Gasteiger partial charge in [0.2, 0.25) is 0 Å². The molecule has 1 aromatic heterocycles. The SMILES string of the molecule is CC1(C)OB(c2cccn(Cc3ccccc3)c2=O)OC1(C)C. The van der Waals surface area contributed by atoms with Crippen LogP contribution in [0.3, 0.4) is 0 Å². The first-order chi connectivity index (χ1) is 10.8. The van der Waals surface area contributed by atoms with Gasteiger partial charge in [-0.05, 0) is 39.3 Å². The third-order valence-corrected chi connectivity index (χ3v) is 4.75. The second-order valence-electron chi connectivity index (χ2n) is 6.97. The highest BCUT2D eigenvalue weighted by Crippen LogP contribution is 2.36. The van der Waals surface area contributed by atoms with Crippen LogP contribution in [0.25, 0.3) is 0 Å². The van der Waals surface area contributed by atoms with Crippen LogP contribution >= 0.6 is 0 Å². The van der Waals surface area contributed by atoms with Crippen LogP contribution in [0.15, 0.2) is 53.5 Å². The van der Waals surface area contributed by atoms with Gasteiger partial charge in [-0.15, -0.1) is 0 Å². The highest BCUT2D eigenvalue weighted by Gasteiger charge is 2.52. The van der Waals surface area contributed by atoms with Crippen molar-refractivity contribution in [2.24, 2.45) is 0 Å². The van der Waals surface area contributed by atoms with Gasteiger partial charge in [0.25, 0.3) is 5.56 Å². The van der Waals surface area contributed by atoms with E-state index in [0.717, 1.165) is 5.56 Å². The molecule has 120 valence electrons. The van der Waals surface area contributed by atoms with Gasteiger partial charge in [-0.1, -0.05) is 36.4 Å². The van der Waals surface area contributed by atoms with Crippen molar-refractivity contribution in [2.75, 3.05) is 0 Å². The van der Waals surface area contributed by atoms with Crippen molar-refractivity contribution in [2.45, 2.75) is 45.4 Å². The van der Waals surface area contributed by atoms with Crippen LogP contribution in [0.2, 0.25) is 0 Å². The molecule has 0 spiro atoms. The Balaban J connectivity index is 1.91. The summed E-state index contributed by atoms with van der Waals surface area (Å²) >= 11 is 0. The average Bonchev–Trinajstić information content (AvgIpc) is 2.70. The molecular weight excluding hydrogens is 289 g/mol. The number of benzene rings is 1. The van der Waals surface area contributed by atoms with Gasteiger partial charge in [-0.25, -0.2) is 0 Å². The Morgan fingerprint density at radius 1 is 0.957 bits per heavy atom. The standard InChI is InChI=1S/C18H22BNO3/c1-17(2)18(3,4)23-19(22-17)15-11-8-12-20(16(15)21)13-14-9-6-5-7-10-14/h5-12H,13H2,1-4H3. The Bertz CT molecular complexity index is 736. The first-order valence-corrected chi connectivity index (χ1v) is 7.89. The summed E-state index contributed by atoms with van der Waals surface area (Å²) in [5.41, 5.74) is 0.645. The van der Waals surface area contributed by atoms with Crippen molar-refractivity contribution in [1.29, 1.82) is 0 Å². The van der Waals surface area contributed by atoms with Crippen LogP contribution in [-0.4, -0.2) is 22.9 Å². The Kier molecular flexibility index (Phi) is 3.94. The van der Waals surface area contributed by atoms with E-state index < -0.39 is 18.3 Å². The molecule has 2 aromatic rings. The first-order valence-electron chi connectivity index (χ1n) is 7.89. The molecule has 0 saturated carbocycles. The van der Waals surface area contributed by atoms with Gasteiger partial charge in [-0.3, -0.25) is 4.79 Å². The van der Waals surface area contributed by atoms with E-state index in [1.165, 1.54) is 0 Å². The van der Waals surface area contributed by atoms with Gasteiger partial charge in [0.1, 0.15) is 0 Å². The van der Waals surface area contributed by atoms with Crippen molar-refractivity contribution >= 4 is 12.6 Å². The molecule has 1 fully saturated rings. The lowest BCUT2D eigenvalue weighted by Crippen LogP contribution is -2.47. The van der Waals surface area contributed by atoms with Crippen molar-refractivity contribution in [3.05, 3.63) is 64.6 Å². The summed E-state index contributed by atoms with van der Waals surface area (Å²) in [4.78, 5) is 12.8. The lowest BCUT2D eigenvalue weighted by atomic mass is 9.80. The summed E-state index contributed by atoms with van der Waals surface area (Å²) in [6.45, 7) is 8.47. The minimum Gasteiger partial charge on any atom is -0.399 e. The van der Waals surface area contributed by atoms with Gasteiger partial charge >= 0.3 is 7.12 Å². The summed E-state index contributed by atoms with van der Waals surface area (Å²) in [5, 5.41) is 0. The first kappa shape index (κ1) is 16.0. The summed E-state index contributed by atoms with van der Waals surface area (Å²) in [6.07, 6.45) is 1.80. The number of aromatic nitrogens is 1. The highest BCUT2D eigenvalue weighted by atomic mass is 16.7. The van der Waals surface area contributed by atoms with E-state index in [1.54, 1.807) is 16.8 Å². The van der Waals surface area contributed by atoms with Gasteiger partial charge in [-0.2, -0.15) is 0 Å². The summed E-state index contributed by atoms with van der Waals surface area (Å²) in [5.74, 6) is 0. The highest BCUT2D eigenvalue weighted by molar-refractivity contribution is 6.61. The predicted molar refractivity (Wildman–Crippen MR) is 92.0 cm³/mol. The van der Waals surface area contributed by atoms with Gasteiger partial charge in [0.05, 0.1) is 17.7 Å².